The Morgan fingerprint density at radius 2 is 1.77 bits per heavy atom. The number of amides is 1. The predicted molar refractivity (Wildman–Crippen MR) is 49.2 cm³/mol. The maximum absolute atomic E-state index is 11.3. The molecule has 0 aliphatic carbocycles. The zero-order chi connectivity index (χ0) is 10.4. The fraction of sp³-hybridized carbons (Fsp3) is 0.778. The van der Waals surface area contributed by atoms with E-state index in [4.69, 9.17) is 0 Å². The van der Waals surface area contributed by atoms with Crippen molar-refractivity contribution in [1.82, 2.24) is 4.90 Å². The Labute approximate surface area is 78.9 Å². The molecule has 0 saturated carbocycles. The van der Waals surface area contributed by atoms with Crippen LogP contribution < -0.4 is 0 Å². The van der Waals surface area contributed by atoms with Crippen molar-refractivity contribution < 1.29 is 14.3 Å². The highest BCUT2D eigenvalue weighted by molar-refractivity contribution is 6.32. The Hall–Kier alpha value is -1.06. The van der Waals surface area contributed by atoms with Crippen LogP contribution in [0.4, 0.5) is 0 Å². The zero-order valence-corrected chi connectivity index (χ0v) is 8.66. The lowest BCUT2D eigenvalue weighted by Crippen LogP contribution is -2.40. The molecule has 76 valence electrons. The summed E-state index contributed by atoms with van der Waals surface area (Å²) in [7, 11) is 2.83. The van der Waals surface area contributed by atoms with Crippen molar-refractivity contribution in [2.75, 3.05) is 14.2 Å². The van der Waals surface area contributed by atoms with Gasteiger partial charge in [0.25, 0.3) is 0 Å². The van der Waals surface area contributed by atoms with Crippen LogP contribution in [0.2, 0.25) is 0 Å². The molecule has 0 bridgehead atoms. The summed E-state index contributed by atoms with van der Waals surface area (Å²) < 4.78 is 4.34. The molecule has 0 aromatic rings. The molecule has 0 saturated heterocycles. The van der Waals surface area contributed by atoms with Gasteiger partial charge in [0, 0.05) is 13.1 Å². The van der Waals surface area contributed by atoms with Gasteiger partial charge in [-0.3, -0.25) is 4.79 Å². The highest BCUT2D eigenvalue weighted by Gasteiger charge is 2.23. The molecule has 0 aromatic carbocycles. The van der Waals surface area contributed by atoms with E-state index < -0.39 is 11.9 Å². The quantitative estimate of drug-likeness (QED) is 0.485. The maximum Gasteiger partial charge on any atom is 0.396 e. The Morgan fingerprint density at radius 1 is 1.31 bits per heavy atom. The summed E-state index contributed by atoms with van der Waals surface area (Å²) in [5.74, 6) is -1.37. The van der Waals surface area contributed by atoms with E-state index in [9.17, 15) is 9.59 Å². The number of methoxy groups -OCH3 is 1. The molecule has 1 amide bonds. The second-order valence-corrected chi connectivity index (χ2v) is 2.88. The Balaban J connectivity index is 4.31. The van der Waals surface area contributed by atoms with E-state index in [1.165, 1.54) is 12.0 Å². The predicted octanol–water partition coefficient (Wildman–Crippen LogP) is 0.806. The van der Waals surface area contributed by atoms with Gasteiger partial charge in [-0.1, -0.05) is 13.8 Å². The summed E-state index contributed by atoms with van der Waals surface area (Å²) in [5, 5.41) is 0. The highest BCUT2D eigenvalue weighted by atomic mass is 16.5. The van der Waals surface area contributed by atoms with Crippen molar-refractivity contribution in [3.05, 3.63) is 0 Å². The molecular weight excluding hydrogens is 170 g/mol. The van der Waals surface area contributed by atoms with Crippen molar-refractivity contribution in [1.29, 1.82) is 0 Å². The third kappa shape index (κ3) is 3.05. The first-order valence-corrected chi connectivity index (χ1v) is 4.43. The summed E-state index contributed by atoms with van der Waals surface area (Å²) in [6, 6.07) is 0.117. The third-order valence-corrected chi connectivity index (χ3v) is 2.17. The molecule has 0 radical (unpaired) electrons. The normalized spacial score (nSPS) is 9.92. The van der Waals surface area contributed by atoms with Crippen LogP contribution in [-0.2, 0) is 14.3 Å². The maximum atomic E-state index is 11.3. The molecule has 4 heteroatoms. The monoisotopic (exact) mass is 187 g/mol. The minimum atomic E-state index is -0.797. The smallest absolute Gasteiger partial charge is 0.396 e. The molecule has 4 nitrogen and oxygen atoms in total. The molecule has 0 spiro atoms. The van der Waals surface area contributed by atoms with Crippen LogP contribution in [0.5, 0.6) is 0 Å². The van der Waals surface area contributed by atoms with E-state index in [2.05, 4.69) is 4.74 Å². The molecule has 0 rings (SSSR count). The molecule has 0 unspecified atom stereocenters. The van der Waals surface area contributed by atoms with Gasteiger partial charge in [-0.15, -0.1) is 0 Å². The molecular formula is C9H17NO3. The molecule has 0 heterocycles. The van der Waals surface area contributed by atoms with Crippen LogP contribution >= 0.6 is 0 Å². The first-order valence-electron chi connectivity index (χ1n) is 4.43. The average molecular weight is 187 g/mol. The molecule has 0 fully saturated rings. The Morgan fingerprint density at radius 3 is 2.08 bits per heavy atom. The van der Waals surface area contributed by atoms with Crippen molar-refractivity contribution in [2.24, 2.45) is 0 Å². The van der Waals surface area contributed by atoms with Gasteiger partial charge < -0.3 is 9.64 Å². The van der Waals surface area contributed by atoms with E-state index in [-0.39, 0.29) is 6.04 Å². The summed E-state index contributed by atoms with van der Waals surface area (Å²) in [5.41, 5.74) is 0. The minimum absolute atomic E-state index is 0.117. The van der Waals surface area contributed by atoms with Gasteiger partial charge in [0.1, 0.15) is 0 Å². The van der Waals surface area contributed by atoms with Crippen LogP contribution in [0.3, 0.4) is 0 Å². The van der Waals surface area contributed by atoms with Crippen LogP contribution in [0.15, 0.2) is 0 Å². The van der Waals surface area contributed by atoms with Crippen molar-refractivity contribution in [3.8, 4) is 0 Å². The second kappa shape index (κ2) is 5.56. The molecule has 0 atom stereocenters. The standard InChI is InChI=1S/C9H17NO3/c1-5-7(6-2)10(3)8(11)9(12)13-4/h7H,5-6H2,1-4H3. The second-order valence-electron chi connectivity index (χ2n) is 2.88. The summed E-state index contributed by atoms with van der Waals surface area (Å²) in [4.78, 5) is 23.6. The van der Waals surface area contributed by atoms with Gasteiger partial charge >= 0.3 is 11.9 Å². The number of nitrogens with zero attached hydrogens (tertiary/aromatic N) is 1. The molecule has 0 aliphatic rings. The largest absolute Gasteiger partial charge is 0.462 e. The minimum Gasteiger partial charge on any atom is -0.462 e. The first kappa shape index (κ1) is 11.9. The molecule has 13 heavy (non-hydrogen) atoms. The number of hydrogen-bond donors (Lipinski definition) is 0. The summed E-state index contributed by atoms with van der Waals surface area (Å²) >= 11 is 0. The van der Waals surface area contributed by atoms with Crippen molar-refractivity contribution in [3.63, 3.8) is 0 Å². The molecule has 0 N–H and O–H groups in total. The SMILES string of the molecule is CCC(CC)N(C)C(=O)C(=O)OC. The Bertz CT molecular complexity index is 187. The third-order valence-electron chi connectivity index (χ3n) is 2.17. The average Bonchev–Trinajstić information content (AvgIpc) is 2.17. The van der Waals surface area contributed by atoms with Crippen LogP contribution in [0.25, 0.3) is 0 Å². The topological polar surface area (TPSA) is 46.6 Å². The van der Waals surface area contributed by atoms with Gasteiger partial charge in [0.2, 0.25) is 0 Å². The van der Waals surface area contributed by atoms with E-state index in [1.807, 2.05) is 13.8 Å². The summed E-state index contributed by atoms with van der Waals surface area (Å²) in [6.07, 6.45) is 1.69. The van der Waals surface area contributed by atoms with E-state index in [1.54, 1.807) is 7.05 Å². The fourth-order valence-electron chi connectivity index (χ4n) is 1.23. The van der Waals surface area contributed by atoms with Crippen LogP contribution in [0.1, 0.15) is 26.7 Å². The van der Waals surface area contributed by atoms with E-state index >= 15 is 0 Å². The lowest BCUT2D eigenvalue weighted by atomic mass is 10.1. The van der Waals surface area contributed by atoms with Gasteiger partial charge in [-0.2, -0.15) is 0 Å². The van der Waals surface area contributed by atoms with Crippen molar-refractivity contribution in [2.45, 2.75) is 32.7 Å². The zero-order valence-electron chi connectivity index (χ0n) is 8.66. The first-order chi connectivity index (χ1) is 6.08. The van der Waals surface area contributed by atoms with Gasteiger partial charge in [0.15, 0.2) is 0 Å². The number of rotatable bonds is 3. The number of hydrogen-bond acceptors (Lipinski definition) is 3. The van der Waals surface area contributed by atoms with E-state index in [0.717, 1.165) is 12.8 Å². The number of esters is 1. The molecule has 0 aromatic heterocycles. The van der Waals surface area contributed by atoms with Crippen molar-refractivity contribution >= 4 is 11.9 Å². The van der Waals surface area contributed by atoms with Gasteiger partial charge in [0.05, 0.1) is 7.11 Å². The van der Waals surface area contributed by atoms with Gasteiger partial charge in [-0.25, -0.2) is 4.79 Å². The lowest BCUT2D eigenvalue weighted by Gasteiger charge is -2.24. The van der Waals surface area contributed by atoms with Gasteiger partial charge in [-0.05, 0) is 12.8 Å². The number of carbonyl (C=O) groups excluding carboxylic acids is 2. The fourth-order valence-corrected chi connectivity index (χ4v) is 1.23. The summed E-state index contributed by atoms with van der Waals surface area (Å²) in [6.45, 7) is 3.96. The Kier molecular flexibility index (Phi) is 5.11. The van der Waals surface area contributed by atoms with Crippen LogP contribution in [-0.4, -0.2) is 37.0 Å². The van der Waals surface area contributed by atoms with E-state index in [0.29, 0.717) is 0 Å². The number of carbonyl (C=O) groups is 2. The number of likely N-dealkylation sites (N-methyl/N-ethyl adjacent to an activating group) is 1. The number of ether oxygens (including phenoxy) is 1. The van der Waals surface area contributed by atoms with Crippen LogP contribution in [0, 0.1) is 0 Å². The molecule has 0 aliphatic heterocycles. The lowest BCUT2D eigenvalue weighted by molar-refractivity contribution is -0.158. The highest BCUT2D eigenvalue weighted by Crippen LogP contribution is 2.06.